The Morgan fingerprint density at radius 3 is 2.21 bits per heavy atom. The number of carbonyl (C=O) groups is 1. The Balaban J connectivity index is 1.39. The van der Waals surface area contributed by atoms with Crippen LogP contribution in [0.4, 0.5) is 0 Å². The van der Waals surface area contributed by atoms with Gasteiger partial charge in [-0.3, -0.25) is 4.79 Å². The van der Waals surface area contributed by atoms with E-state index >= 15 is 0 Å². The largest absolute Gasteiger partial charge is 0.396 e. The summed E-state index contributed by atoms with van der Waals surface area (Å²) in [6.45, 7) is 14.1. The van der Waals surface area contributed by atoms with Gasteiger partial charge in [0.2, 0.25) is 0 Å². The molecule has 5 aliphatic carbocycles. The minimum absolute atomic E-state index is 0.130. The number of ketones is 1. The van der Waals surface area contributed by atoms with Crippen molar-refractivity contribution in [1.29, 1.82) is 0 Å². The van der Waals surface area contributed by atoms with Crippen LogP contribution in [0.1, 0.15) is 112 Å². The molecule has 10 unspecified atom stereocenters. The van der Waals surface area contributed by atoms with Crippen LogP contribution in [-0.4, -0.2) is 28.7 Å². The van der Waals surface area contributed by atoms with Gasteiger partial charge in [-0.2, -0.15) is 0 Å². The molecule has 0 amide bonds. The average Bonchev–Trinajstić information content (AvgIpc) is 3.37. The molecule has 5 fully saturated rings. The summed E-state index contributed by atoms with van der Waals surface area (Å²) >= 11 is 0. The summed E-state index contributed by atoms with van der Waals surface area (Å²) in [6, 6.07) is 0. The second-order valence-corrected chi connectivity index (χ2v) is 14.5. The Morgan fingerprint density at radius 1 is 0.879 bits per heavy atom. The first-order valence-corrected chi connectivity index (χ1v) is 14.2. The van der Waals surface area contributed by atoms with E-state index in [0.29, 0.717) is 39.3 Å². The van der Waals surface area contributed by atoms with Crippen molar-refractivity contribution in [3.8, 4) is 0 Å². The molecule has 2 spiro atoms. The van der Waals surface area contributed by atoms with Crippen molar-refractivity contribution in [3.63, 3.8) is 0 Å². The number of Topliss-reactive ketones (excluding diaryl/α,β-unsaturated/α-hetero) is 1. The topological polar surface area (TPSA) is 57.5 Å². The van der Waals surface area contributed by atoms with Gasteiger partial charge in [-0.1, -0.05) is 41.5 Å². The van der Waals surface area contributed by atoms with Crippen LogP contribution in [-0.2, 0) is 4.79 Å². The molecule has 5 saturated carbocycles. The van der Waals surface area contributed by atoms with E-state index < -0.39 is 0 Å². The first-order chi connectivity index (χ1) is 15.4. The van der Waals surface area contributed by atoms with E-state index in [1.807, 2.05) is 13.8 Å². The number of fused-ring (bicyclic) bond motifs is 2. The highest BCUT2D eigenvalue weighted by atomic mass is 16.3. The second-order valence-electron chi connectivity index (χ2n) is 14.5. The van der Waals surface area contributed by atoms with Crippen LogP contribution in [0.2, 0.25) is 0 Å². The molecular weight excluding hydrogens is 408 g/mol. The molecule has 0 saturated heterocycles. The molecule has 10 atom stereocenters. The predicted octanol–water partition coefficient (Wildman–Crippen LogP) is 6.40. The van der Waals surface area contributed by atoms with Gasteiger partial charge in [0.25, 0.3) is 0 Å². The van der Waals surface area contributed by atoms with Crippen LogP contribution >= 0.6 is 0 Å². The molecule has 188 valence electrons. The van der Waals surface area contributed by atoms with Gasteiger partial charge in [0.15, 0.2) is 0 Å². The Kier molecular flexibility index (Phi) is 5.55. The van der Waals surface area contributed by atoms with Crippen LogP contribution in [0.3, 0.4) is 0 Å². The van der Waals surface area contributed by atoms with E-state index in [1.54, 1.807) is 0 Å². The molecule has 2 N–H and O–H groups in total. The number of hydrogen-bond acceptors (Lipinski definition) is 3. The van der Waals surface area contributed by atoms with Gasteiger partial charge in [-0.15, -0.1) is 0 Å². The van der Waals surface area contributed by atoms with E-state index in [2.05, 4.69) is 27.7 Å². The normalized spacial score (nSPS) is 53.6. The fourth-order valence-electron chi connectivity index (χ4n) is 11.2. The zero-order chi connectivity index (χ0) is 24.0. The van der Waals surface area contributed by atoms with E-state index in [0.717, 1.165) is 31.1 Å². The molecule has 5 rings (SSSR count). The first-order valence-electron chi connectivity index (χ1n) is 14.2. The number of carbonyl (C=O) groups excluding carboxylic acids is 1. The van der Waals surface area contributed by atoms with Crippen LogP contribution < -0.4 is 0 Å². The van der Waals surface area contributed by atoms with E-state index in [4.69, 9.17) is 0 Å². The lowest BCUT2D eigenvalue weighted by Crippen LogP contribution is -2.59. The zero-order valence-corrected chi connectivity index (χ0v) is 22.3. The third kappa shape index (κ3) is 2.90. The molecule has 3 heteroatoms. The van der Waals surface area contributed by atoms with E-state index in [-0.39, 0.29) is 24.0 Å². The highest BCUT2D eigenvalue weighted by Gasteiger charge is 2.82. The minimum atomic E-state index is -0.345. The van der Waals surface area contributed by atoms with Gasteiger partial charge in [-0.25, -0.2) is 0 Å². The number of rotatable bonds is 6. The Labute approximate surface area is 202 Å². The second kappa shape index (κ2) is 7.55. The standard InChI is InChI=1S/C30H50O3/c1-19(2)22(32)8-7-20(3)21-11-13-28(6)24-10-9-23-26(4,18-31)25(33)12-14-29(23)17-30(24,29)16-15-27(21,28)5/h19-21,23-25,31,33H,7-18H2,1-6H3. The molecule has 0 aromatic rings. The lowest BCUT2D eigenvalue weighted by atomic mass is 9.41. The summed E-state index contributed by atoms with van der Waals surface area (Å²) in [5.41, 5.74) is 1.31. The molecular formula is C30H50O3. The van der Waals surface area contributed by atoms with Crippen molar-refractivity contribution in [2.24, 2.45) is 56.7 Å². The van der Waals surface area contributed by atoms with E-state index in [9.17, 15) is 15.0 Å². The molecule has 5 aliphatic rings. The average molecular weight is 459 g/mol. The van der Waals surface area contributed by atoms with Crippen molar-refractivity contribution in [3.05, 3.63) is 0 Å². The Bertz CT molecular complexity index is 806. The maximum atomic E-state index is 12.3. The maximum absolute atomic E-state index is 12.3. The maximum Gasteiger partial charge on any atom is 0.135 e. The van der Waals surface area contributed by atoms with Crippen LogP contribution in [0, 0.1) is 56.7 Å². The van der Waals surface area contributed by atoms with Gasteiger partial charge < -0.3 is 10.2 Å². The molecule has 0 aromatic heterocycles. The Hall–Kier alpha value is -0.410. The highest BCUT2D eigenvalue weighted by Crippen LogP contribution is 2.89. The molecule has 0 heterocycles. The zero-order valence-electron chi connectivity index (χ0n) is 22.3. The molecule has 3 nitrogen and oxygen atoms in total. The van der Waals surface area contributed by atoms with E-state index in [1.165, 1.54) is 51.4 Å². The molecule has 0 radical (unpaired) electrons. The quantitative estimate of drug-likeness (QED) is 0.484. The third-order valence-electron chi connectivity index (χ3n) is 13.5. The fraction of sp³-hybridized carbons (Fsp3) is 0.967. The monoisotopic (exact) mass is 458 g/mol. The number of aliphatic hydroxyl groups excluding tert-OH is 2. The summed E-state index contributed by atoms with van der Waals surface area (Å²) < 4.78 is 0. The Morgan fingerprint density at radius 2 is 1.55 bits per heavy atom. The van der Waals surface area contributed by atoms with Crippen LogP contribution in [0.25, 0.3) is 0 Å². The lowest BCUT2D eigenvalue weighted by molar-refractivity contribution is -0.174. The van der Waals surface area contributed by atoms with Crippen LogP contribution in [0.5, 0.6) is 0 Å². The summed E-state index contributed by atoms with van der Waals surface area (Å²) in [5, 5.41) is 21.2. The highest BCUT2D eigenvalue weighted by molar-refractivity contribution is 5.80. The number of hydrogen-bond donors (Lipinski definition) is 2. The summed E-state index contributed by atoms with van der Waals surface area (Å²) in [6.07, 6.45) is 12.7. The summed E-state index contributed by atoms with van der Waals surface area (Å²) in [5.74, 6) is 3.24. The van der Waals surface area contributed by atoms with Gasteiger partial charge in [0.05, 0.1) is 12.7 Å². The van der Waals surface area contributed by atoms with Crippen molar-refractivity contribution >= 4 is 5.78 Å². The van der Waals surface area contributed by atoms with Gasteiger partial charge >= 0.3 is 0 Å². The molecule has 0 aromatic carbocycles. The van der Waals surface area contributed by atoms with Crippen molar-refractivity contribution in [2.75, 3.05) is 6.61 Å². The number of aliphatic hydroxyl groups is 2. The van der Waals surface area contributed by atoms with Crippen molar-refractivity contribution in [1.82, 2.24) is 0 Å². The SMILES string of the molecule is CC(C)C(=O)CCC(C)C1CCC2(C)C3CCC4C(C)(CO)C(O)CCC45CC35CCC12C. The lowest BCUT2D eigenvalue weighted by Gasteiger charge is -2.63. The third-order valence-corrected chi connectivity index (χ3v) is 13.5. The molecule has 0 bridgehead atoms. The minimum Gasteiger partial charge on any atom is -0.396 e. The van der Waals surface area contributed by atoms with Gasteiger partial charge in [-0.05, 0) is 110 Å². The first kappa shape index (κ1) is 24.3. The smallest absolute Gasteiger partial charge is 0.135 e. The predicted molar refractivity (Wildman–Crippen MR) is 133 cm³/mol. The molecule has 0 aliphatic heterocycles. The molecule has 33 heavy (non-hydrogen) atoms. The van der Waals surface area contributed by atoms with Gasteiger partial charge in [0.1, 0.15) is 5.78 Å². The van der Waals surface area contributed by atoms with Gasteiger partial charge in [0, 0.05) is 17.8 Å². The van der Waals surface area contributed by atoms with Crippen LogP contribution in [0.15, 0.2) is 0 Å². The summed E-state index contributed by atoms with van der Waals surface area (Å²) in [4.78, 5) is 12.3. The fourth-order valence-corrected chi connectivity index (χ4v) is 11.2. The summed E-state index contributed by atoms with van der Waals surface area (Å²) in [7, 11) is 0. The van der Waals surface area contributed by atoms with Crippen molar-refractivity contribution in [2.45, 2.75) is 118 Å². The van der Waals surface area contributed by atoms with Crippen molar-refractivity contribution < 1.29 is 15.0 Å².